The minimum atomic E-state index is -2.21. The van der Waals surface area contributed by atoms with E-state index in [-0.39, 0.29) is 12.3 Å². The molecule has 0 saturated carbocycles. The molecule has 0 unspecified atom stereocenters. The number of rotatable bonds is 14. The first kappa shape index (κ1) is 30.0. The van der Waals surface area contributed by atoms with Crippen LogP contribution in [-0.2, 0) is 19.2 Å². The zero-order valence-electron chi connectivity index (χ0n) is 19.9. The molecule has 0 aliphatic rings. The number of amides is 3. The fourth-order valence-electron chi connectivity index (χ4n) is 3.42. The van der Waals surface area contributed by atoms with E-state index in [0.29, 0.717) is 5.56 Å². The van der Waals surface area contributed by atoms with Crippen molar-refractivity contribution in [3.63, 3.8) is 0 Å². The molecule has 8 N–H and O–H groups in total. The molecule has 6 atom stereocenters. The summed E-state index contributed by atoms with van der Waals surface area (Å²) in [5.74, 6) is -3.55. The lowest BCUT2D eigenvalue weighted by molar-refractivity contribution is -0.145. The van der Waals surface area contributed by atoms with Gasteiger partial charge in [0.2, 0.25) is 11.8 Å². The van der Waals surface area contributed by atoms with Gasteiger partial charge in [0.15, 0.2) is 6.10 Å². The highest BCUT2D eigenvalue weighted by atomic mass is 16.4. The maximum absolute atomic E-state index is 12.6. The Morgan fingerprint density at radius 3 is 1.97 bits per heavy atom. The van der Waals surface area contributed by atoms with Gasteiger partial charge < -0.3 is 41.5 Å². The zero-order chi connectivity index (χ0) is 26.7. The van der Waals surface area contributed by atoms with Crippen molar-refractivity contribution in [1.29, 1.82) is 0 Å². The summed E-state index contributed by atoms with van der Waals surface area (Å²) in [6.07, 6.45) is -6.57. The first-order valence-electron chi connectivity index (χ1n) is 11.2. The van der Waals surface area contributed by atoms with Crippen LogP contribution >= 0.6 is 0 Å². The minimum absolute atomic E-state index is 0.0228. The summed E-state index contributed by atoms with van der Waals surface area (Å²) in [7, 11) is 0. The van der Waals surface area contributed by atoms with Crippen LogP contribution in [0.5, 0.6) is 0 Å². The van der Waals surface area contributed by atoms with Crippen LogP contribution in [0.15, 0.2) is 30.3 Å². The molecule has 1 rings (SSSR count). The van der Waals surface area contributed by atoms with Crippen LogP contribution in [0.1, 0.15) is 45.2 Å². The lowest BCUT2D eigenvalue weighted by atomic mass is 9.98. The maximum Gasteiger partial charge on any atom is 0.305 e. The Kier molecular flexibility index (Phi) is 12.3. The van der Waals surface area contributed by atoms with Gasteiger partial charge in [-0.05, 0) is 17.9 Å². The average molecular weight is 498 g/mol. The third-order valence-corrected chi connectivity index (χ3v) is 5.18. The predicted octanol–water partition coefficient (Wildman–Crippen LogP) is -1.57. The van der Waals surface area contributed by atoms with E-state index in [1.807, 2.05) is 13.8 Å². The second kappa shape index (κ2) is 14.4. The number of aliphatic hydroxyl groups is 4. The molecule has 0 bridgehead atoms. The Morgan fingerprint density at radius 2 is 1.49 bits per heavy atom. The van der Waals surface area contributed by atoms with Crippen LogP contribution < -0.4 is 16.0 Å². The van der Waals surface area contributed by atoms with Gasteiger partial charge in [-0.3, -0.25) is 19.2 Å². The van der Waals surface area contributed by atoms with Crippen LogP contribution in [-0.4, -0.2) is 86.2 Å². The van der Waals surface area contributed by atoms with Crippen molar-refractivity contribution in [2.24, 2.45) is 5.92 Å². The van der Waals surface area contributed by atoms with E-state index in [2.05, 4.69) is 16.0 Å². The molecule has 0 aliphatic heterocycles. The molecule has 12 heteroatoms. The van der Waals surface area contributed by atoms with Gasteiger partial charge in [0.1, 0.15) is 18.2 Å². The van der Waals surface area contributed by atoms with Gasteiger partial charge in [-0.1, -0.05) is 44.2 Å². The van der Waals surface area contributed by atoms with Gasteiger partial charge in [-0.25, -0.2) is 0 Å². The molecule has 0 radical (unpaired) electrons. The van der Waals surface area contributed by atoms with E-state index < -0.39 is 73.2 Å². The SMILES string of the molecule is CC(=O)N[C@@H](CC(C)C)C(=O)N[C@@H](CO)[C@@H](O)[C@@H](O)[C@H](O)C(=O)N[C@@H](CC(=O)O)c1ccccc1. The van der Waals surface area contributed by atoms with Gasteiger partial charge in [-0.15, -0.1) is 0 Å². The number of benzene rings is 1. The largest absolute Gasteiger partial charge is 0.481 e. The van der Waals surface area contributed by atoms with Crippen molar-refractivity contribution in [2.45, 2.75) is 70.1 Å². The molecule has 0 spiro atoms. The van der Waals surface area contributed by atoms with Crippen molar-refractivity contribution < 1.29 is 44.7 Å². The van der Waals surface area contributed by atoms with E-state index in [1.54, 1.807) is 30.3 Å². The summed E-state index contributed by atoms with van der Waals surface area (Å²) in [6.45, 7) is 4.03. The van der Waals surface area contributed by atoms with E-state index in [4.69, 9.17) is 5.11 Å². The number of aliphatic hydroxyl groups excluding tert-OH is 4. The summed E-state index contributed by atoms with van der Waals surface area (Å²) in [6, 6.07) is 4.63. The summed E-state index contributed by atoms with van der Waals surface area (Å²) < 4.78 is 0. The smallest absolute Gasteiger partial charge is 0.305 e. The summed E-state index contributed by atoms with van der Waals surface area (Å²) in [5.41, 5.74) is 0.445. The van der Waals surface area contributed by atoms with Gasteiger partial charge in [0, 0.05) is 6.92 Å². The first-order chi connectivity index (χ1) is 16.4. The molecule has 35 heavy (non-hydrogen) atoms. The Hall–Kier alpha value is -3.06. The molecule has 1 aromatic carbocycles. The fraction of sp³-hybridized carbons (Fsp3) is 0.565. The number of carbonyl (C=O) groups is 4. The lowest BCUT2D eigenvalue weighted by Crippen LogP contribution is -2.59. The zero-order valence-corrected chi connectivity index (χ0v) is 19.9. The topological polar surface area (TPSA) is 206 Å². The predicted molar refractivity (Wildman–Crippen MR) is 124 cm³/mol. The minimum Gasteiger partial charge on any atom is -0.481 e. The number of carboxylic acid groups (broad SMARTS) is 1. The van der Waals surface area contributed by atoms with Crippen molar-refractivity contribution in [1.82, 2.24) is 16.0 Å². The molecule has 3 amide bonds. The molecule has 12 nitrogen and oxygen atoms in total. The highest BCUT2D eigenvalue weighted by Gasteiger charge is 2.37. The van der Waals surface area contributed by atoms with Gasteiger partial charge in [-0.2, -0.15) is 0 Å². The molecular weight excluding hydrogens is 462 g/mol. The normalized spacial score (nSPS) is 16.3. The first-order valence-corrected chi connectivity index (χ1v) is 11.2. The van der Waals surface area contributed by atoms with Crippen molar-refractivity contribution in [2.75, 3.05) is 6.61 Å². The van der Waals surface area contributed by atoms with Crippen LogP contribution in [0.25, 0.3) is 0 Å². The number of nitrogens with one attached hydrogen (secondary N) is 3. The Balaban J connectivity index is 2.90. The summed E-state index contributed by atoms with van der Waals surface area (Å²) in [5, 5.41) is 57.0. The third kappa shape index (κ3) is 9.99. The molecule has 0 saturated heterocycles. The van der Waals surface area contributed by atoms with E-state index in [0.717, 1.165) is 0 Å². The van der Waals surface area contributed by atoms with E-state index in [1.165, 1.54) is 6.92 Å². The quantitative estimate of drug-likeness (QED) is 0.149. The number of hydrogen-bond acceptors (Lipinski definition) is 8. The van der Waals surface area contributed by atoms with Crippen molar-refractivity contribution in [3.05, 3.63) is 35.9 Å². The molecule has 0 heterocycles. The third-order valence-electron chi connectivity index (χ3n) is 5.18. The number of carbonyl (C=O) groups excluding carboxylic acids is 3. The van der Waals surface area contributed by atoms with Crippen molar-refractivity contribution in [3.8, 4) is 0 Å². The van der Waals surface area contributed by atoms with Gasteiger partial charge in [0.05, 0.1) is 25.1 Å². The molecule has 0 fully saturated rings. The maximum atomic E-state index is 12.6. The average Bonchev–Trinajstić information content (AvgIpc) is 2.79. The Morgan fingerprint density at radius 1 is 0.886 bits per heavy atom. The summed E-state index contributed by atoms with van der Waals surface area (Å²) in [4.78, 5) is 47.7. The summed E-state index contributed by atoms with van der Waals surface area (Å²) >= 11 is 0. The Labute approximate surface area is 203 Å². The Bertz CT molecular complexity index is 850. The second-order valence-electron chi connectivity index (χ2n) is 8.68. The number of aliphatic carboxylic acids is 1. The van der Waals surface area contributed by atoms with Crippen LogP contribution in [0.2, 0.25) is 0 Å². The molecule has 1 aromatic rings. The standard InChI is InChI=1S/C23H35N3O9/c1-12(2)9-16(24-13(3)28)22(34)26-17(11-27)19(31)20(32)21(33)23(35)25-15(10-18(29)30)14-7-5-4-6-8-14/h4-8,12,15-17,19-21,27,31-33H,9-11H2,1-3H3,(H,24,28)(H,25,35)(H,26,34)(H,29,30)/t15-,16-,17-,19+,20+,21-/m0/s1. The van der Waals surface area contributed by atoms with E-state index in [9.17, 15) is 39.6 Å². The van der Waals surface area contributed by atoms with Gasteiger partial charge >= 0.3 is 5.97 Å². The highest BCUT2D eigenvalue weighted by Crippen LogP contribution is 2.17. The number of hydrogen-bond donors (Lipinski definition) is 8. The van der Waals surface area contributed by atoms with Crippen LogP contribution in [0.4, 0.5) is 0 Å². The molecule has 0 aromatic heterocycles. The second-order valence-corrected chi connectivity index (χ2v) is 8.68. The fourth-order valence-corrected chi connectivity index (χ4v) is 3.42. The molecular formula is C23H35N3O9. The monoisotopic (exact) mass is 497 g/mol. The molecule has 0 aliphatic carbocycles. The highest BCUT2D eigenvalue weighted by molar-refractivity contribution is 5.87. The van der Waals surface area contributed by atoms with Crippen LogP contribution in [0.3, 0.4) is 0 Å². The molecule has 196 valence electrons. The van der Waals surface area contributed by atoms with Gasteiger partial charge in [0.25, 0.3) is 5.91 Å². The number of carboxylic acids is 1. The lowest BCUT2D eigenvalue weighted by Gasteiger charge is -2.30. The van der Waals surface area contributed by atoms with Crippen molar-refractivity contribution >= 4 is 23.7 Å². The van der Waals surface area contributed by atoms with Crippen LogP contribution in [0, 0.1) is 5.92 Å². The van der Waals surface area contributed by atoms with E-state index >= 15 is 0 Å².